The number of hydrogen-bond acceptors (Lipinski definition) is 4. The van der Waals surface area contributed by atoms with Crippen molar-refractivity contribution < 1.29 is 9.59 Å². The first-order valence-electron chi connectivity index (χ1n) is 12.0. The summed E-state index contributed by atoms with van der Waals surface area (Å²) in [6, 6.07) is 7.69. The Hall–Kier alpha value is -2.76. The van der Waals surface area contributed by atoms with Crippen molar-refractivity contribution >= 4 is 17.6 Å². The zero-order valence-electron chi connectivity index (χ0n) is 18.6. The van der Waals surface area contributed by atoms with Gasteiger partial charge in [0.15, 0.2) is 0 Å². The maximum Gasteiger partial charge on any atom is 0.254 e. The number of hydrogen-bond donors (Lipinski definition) is 1. The molecule has 5 aliphatic rings. The highest BCUT2D eigenvalue weighted by atomic mass is 16.2. The maximum absolute atomic E-state index is 13.5. The van der Waals surface area contributed by atoms with Crippen LogP contribution in [0.25, 0.3) is 0 Å². The Morgan fingerprint density at radius 1 is 1.03 bits per heavy atom. The smallest absolute Gasteiger partial charge is 0.254 e. The first kappa shape index (κ1) is 19.9. The average Bonchev–Trinajstić information content (AvgIpc) is 2.78. The lowest BCUT2D eigenvalue weighted by Crippen LogP contribution is -2.52. The van der Waals surface area contributed by atoms with E-state index in [1.54, 1.807) is 0 Å². The molecular weight excluding hydrogens is 400 g/mol. The lowest BCUT2D eigenvalue weighted by Gasteiger charge is -2.55. The number of nitrogens with one attached hydrogen (secondary N) is 1. The summed E-state index contributed by atoms with van der Waals surface area (Å²) in [5.41, 5.74) is 3.34. The molecule has 4 fully saturated rings. The highest BCUT2D eigenvalue weighted by Crippen LogP contribution is 2.60. The normalized spacial score (nSPS) is 30.2. The van der Waals surface area contributed by atoms with E-state index >= 15 is 0 Å². The van der Waals surface area contributed by atoms with Gasteiger partial charge in [0.2, 0.25) is 5.91 Å². The zero-order chi connectivity index (χ0) is 21.9. The van der Waals surface area contributed by atoms with Crippen LogP contribution in [0.1, 0.15) is 65.7 Å². The van der Waals surface area contributed by atoms with E-state index in [0.29, 0.717) is 25.3 Å². The summed E-state index contributed by atoms with van der Waals surface area (Å²) in [6.45, 7) is 3.02. The second-order valence-electron chi connectivity index (χ2n) is 10.6. The van der Waals surface area contributed by atoms with Crippen LogP contribution in [0.4, 0.5) is 5.82 Å². The number of fused-ring (bicyclic) bond motifs is 1. The molecule has 0 spiro atoms. The summed E-state index contributed by atoms with van der Waals surface area (Å²) in [7, 11) is 0. The molecule has 7 rings (SSSR count). The van der Waals surface area contributed by atoms with Gasteiger partial charge in [0.25, 0.3) is 5.91 Å². The fourth-order valence-corrected chi connectivity index (χ4v) is 7.25. The maximum atomic E-state index is 13.5. The summed E-state index contributed by atoms with van der Waals surface area (Å²) < 4.78 is 0. The Morgan fingerprint density at radius 2 is 1.72 bits per heavy atom. The summed E-state index contributed by atoms with van der Waals surface area (Å²) >= 11 is 0. The van der Waals surface area contributed by atoms with Gasteiger partial charge in [-0.3, -0.25) is 9.59 Å². The molecule has 0 atom stereocenters. The number of nitrogens with zero attached hydrogens (tertiary/aromatic N) is 3. The molecule has 2 amide bonds. The molecule has 2 heterocycles. The molecule has 1 aromatic carbocycles. The molecule has 1 N–H and O–H groups in total. The van der Waals surface area contributed by atoms with E-state index in [9.17, 15) is 9.59 Å². The van der Waals surface area contributed by atoms with Gasteiger partial charge < -0.3 is 10.2 Å². The Balaban J connectivity index is 1.21. The summed E-state index contributed by atoms with van der Waals surface area (Å²) in [5, 5.41) is 3.22. The summed E-state index contributed by atoms with van der Waals surface area (Å²) in [4.78, 5) is 37.4. The molecule has 1 aromatic heterocycles. The van der Waals surface area contributed by atoms with Crippen LogP contribution in [0, 0.1) is 30.1 Å². The van der Waals surface area contributed by atoms with Gasteiger partial charge in [-0.2, -0.15) is 0 Å². The van der Waals surface area contributed by atoms with Crippen LogP contribution in [0.3, 0.4) is 0 Å². The predicted molar refractivity (Wildman–Crippen MR) is 121 cm³/mol. The van der Waals surface area contributed by atoms with Crippen LogP contribution in [0.15, 0.2) is 30.6 Å². The molecule has 1 aliphatic heterocycles. The molecule has 0 unspecified atom stereocenters. The van der Waals surface area contributed by atoms with E-state index in [1.807, 2.05) is 36.1 Å². The highest BCUT2D eigenvalue weighted by molar-refractivity contribution is 5.97. The SMILES string of the molecule is Cc1ccccc1C(=O)N1CCc2c(ncnc2NC(=O)C23CC4CC(CC(C4)C2)C3)C1. The van der Waals surface area contributed by atoms with Crippen molar-refractivity contribution in [3.8, 4) is 0 Å². The second kappa shape index (κ2) is 7.39. The van der Waals surface area contributed by atoms with Crippen LogP contribution >= 0.6 is 0 Å². The van der Waals surface area contributed by atoms with Gasteiger partial charge in [-0.1, -0.05) is 18.2 Å². The molecular formula is C26H30N4O2. The van der Waals surface area contributed by atoms with Crippen LogP contribution in [0.2, 0.25) is 0 Å². The van der Waals surface area contributed by atoms with Crippen molar-refractivity contribution in [3.05, 3.63) is 53.0 Å². The fraction of sp³-hybridized carbons (Fsp3) is 0.538. The van der Waals surface area contributed by atoms with Crippen LogP contribution < -0.4 is 5.32 Å². The lowest BCUT2D eigenvalue weighted by molar-refractivity contribution is -0.140. The standard InChI is InChI=1S/C26H30N4O2/c1-16-4-2-3-5-20(16)24(31)30-7-6-21-22(14-30)27-15-28-23(21)29-25(32)26-11-17-8-18(12-26)10-19(9-17)13-26/h2-5,15,17-19H,6-14H2,1H3,(H,27,28,29,32). The monoisotopic (exact) mass is 430 g/mol. The summed E-state index contributed by atoms with van der Waals surface area (Å²) in [5.74, 6) is 3.04. The number of amides is 2. The van der Waals surface area contributed by atoms with Crippen LogP contribution in [-0.4, -0.2) is 33.2 Å². The van der Waals surface area contributed by atoms with Crippen LogP contribution in [0.5, 0.6) is 0 Å². The lowest BCUT2D eigenvalue weighted by atomic mass is 9.49. The molecule has 32 heavy (non-hydrogen) atoms. The fourth-order valence-electron chi connectivity index (χ4n) is 7.25. The molecule has 0 radical (unpaired) electrons. The second-order valence-corrected chi connectivity index (χ2v) is 10.6. The third-order valence-corrected chi connectivity index (χ3v) is 8.42. The molecule has 4 aliphatic carbocycles. The highest BCUT2D eigenvalue weighted by Gasteiger charge is 2.54. The summed E-state index contributed by atoms with van der Waals surface area (Å²) in [6.07, 6.45) is 9.26. The minimum atomic E-state index is -0.200. The molecule has 6 nitrogen and oxygen atoms in total. The number of carbonyl (C=O) groups is 2. The van der Waals surface area contributed by atoms with Gasteiger partial charge in [0.1, 0.15) is 12.1 Å². The number of aromatic nitrogens is 2. The van der Waals surface area contributed by atoms with Crippen molar-refractivity contribution in [2.24, 2.45) is 23.2 Å². The third-order valence-electron chi connectivity index (χ3n) is 8.42. The molecule has 0 saturated heterocycles. The number of rotatable bonds is 3. The van der Waals surface area contributed by atoms with Gasteiger partial charge >= 0.3 is 0 Å². The third kappa shape index (κ3) is 3.23. The quantitative estimate of drug-likeness (QED) is 0.794. The van der Waals surface area contributed by atoms with Crippen molar-refractivity contribution in [2.45, 2.75) is 58.4 Å². The number of anilines is 1. The molecule has 4 bridgehead atoms. The van der Waals surface area contributed by atoms with Gasteiger partial charge in [-0.15, -0.1) is 0 Å². The van der Waals surface area contributed by atoms with E-state index in [1.165, 1.54) is 25.6 Å². The van der Waals surface area contributed by atoms with Gasteiger partial charge in [-0.25, -0.2) is 9.97 Å². The number of aryl methyl sites for hydroxylation is 1. The molecule has 6 heteroatoms. The van der Waals surface area contributed by atoms with Crippen molar-refractivity contribution in [1.29, 1.82) is 0 Å². The van der Waals surface area contributed by atoms with Gasteiger partial charge in [-0.05, 0) is 81.3 Å². The minimum Gasteiger partial charge on any atom is -0.332 e. The zero-order valence-corrected chi connectivity index (χ0v) is 18.6. The Morgan fingerprint density at radius 3 is 2.41 bits per heavy atom. The van der Waals surface area contributed by atoms with Crippen molar-refractivity contribution in [2.75, 3.05) is 11.9 Å². The van der Waals surface area contributed by atoms with Crippen LogP contribution in [-0.2, 0) is 17.8 Å². The van der Waals surface area contributed by atoms with E-state index in [0.717, 1.165) is 59.4 Å². The first-order chi connectivity index (χ1) is 15.5. The number of carbonyl (C=O) groups excluding carboxylic acids is 2. The Labute approximate surface area is 188 Å². The number of benzene rings is 1. The average molecular weight is 431 g/mol. The van der Waals surface area contributed by atoms with Crippen molar-refractivity contribution in [3.63, 3.8) is 0 Å². The minimum absolute atomic E-state index is 0.0338. The molecule has 166 valence electrons. The first-order valence-corrected chi connectivity index (χ1v) is 12.0. The van der Waals surface area contributed by atoms with E-state index < -0.39 is 0 Å². The van der Waals surface area contributed by atoms with Crippen molar-refractivity contribution in [1.82, 2.24) is 14.9 Å². The molecule has 4 saturated carbocycles. The topological polar surface area (TPSA) is 75.2 Å². The molecule has 2 aromatic rings. The van der Waals surface area contributed by atoms with Gasteiger partial charge in [0, 0.05) is 17.7 Å². The Kier molecular flexibility index (Phi) is 4.60. The van der Waals surface area contributed by atoms with E-state index in [4.69, 9.17) is 0 Å². The Bertz CT molecular complexity index is 1060. The van der Waals surface area contributed by atoms with Gasteiger partial charge in [0.05, 0.1) is 17.7 Å². The largest absolute Gasteiger partial charge is 0.332 e. The van der Waals surface area contributed by atoms with E-state index in [-0.39, 0.29) is 17.2 Å². The van der Waals surface area contributed by atoms with E-state index in [2.05, 4.69) is 15.3 Å². The predicted octanol–water partition coefficient (Wildman–Crippen LogP) is 4.14.